The molecule has 1 aromatic carbocycles. The van der Waals surface area contributed by atoms with Gasteiger partial charge >= 0.3 is 5.97 Å². The summed E-state index contributed by atoms with van der Waals surface area (Å²) >= 11 is 3.24. The summed E-state index contributed by atoms with van der Waals surface area (Å²) < 4.78 is 5.28. The number of ether oxygens (including phenoxy) is 1. The molecular formula is C13H15BrN2O5. The van der Waals surface area contributed by atoms with E-state index in [0.29, 0.717) is 10.0 Å². The van der Waals surface area contributed by atoms with Crippen molar-refractivity contribution in [3.05, 3.63) is 34.3 Å². The third-order valence-corrected chi connectivity index (χ3v) is 3.26. The van der Waals surface area contributed by atoms with E-state index in [1.54, 1.807) is 24.3 Å². The summed E-state index contributed by atoms with van der Waals surface area (Å²) in [7, 11) is 1.24. The second-order valence-corrected chi connectivity index (χ2v) is 4.88. The van der Waals surface area contributed by atoms with E-state index in [1.165, 1.54) is 7.11 Å². The molecule has 8 heteroatoms. The van der Waals surface area contributed by atoms with Crippen LogP contribution >= 0.6 is 15.9 Å². The molecule has 0 saturated carbocycles. The van der Waals surface area contributed by atoms with Gasteiger partial charge in [0.2, 0.25) is 5.91 Å². The van der Waals surface area contributed by atoms with Gasteiger partial charge in [-0.3, -0.25) is 9.59 Å². The maximum absolute atomic E-state index is 11.8. The van der Waals surface area contributed by atoms with E-state index in [0.717, 1.165) is 0 Å². The van der Waals surface area contributed by atoms with Gasteiger partial charge in [0, 0.05) is 11.6 Å². The summed E-state index contributed by atoms with van der Waals surface area (Å²) in [5.41, 5.74) is 0.408. The number of hydrogen-bond donors (Lipinski definition) is 3. The number of halogens is 1. The Labute approximate surface area is 129 Å². The van der Waals surface area contributed by atoms with Crippen LogP contribution in [0.3, 0.4) is 0 Å². The van der Waals surface area contributed by atoms with Crippen LogP contribution in [0.5, 0.6) is 0 Å². The van der Waals surface area contributed by atoms with Gasteiger partial charge in [-0.15, -0.1) is 0 Å². The normalized spacial score (nSPS) is 11.5. The van der Waals surface area contributed by atoms with Gasteiger partial charge in [-0.25, -0.2) is 4.79 Å². The lowest BCUT2D eigenvalue weighted by Gasteiger charge is -2.12. The molecule has 0 heterocycles. The van der Waals surface area contributed by atoms with E-state index >= 15 is 0 Å². The third-order valence-electron chi connectivity index (χ3n) is 2.57. The van der Waals surface area contributed by atoms with Crippen molar-refractivity contribution in [1.29, 1.82) is 0 Å². The SMILES string of the molecule is COC(CNC(=O)CNC(=O)c1ccccc1Br)C(=O)O. The Morgan fingerprint density at radius 1 is 1.29 bits per heavy atom. The number of methoxy groups -OCH3 is 1. The van der Waals surface area contributed by atoms with Crippen LogP contribution in [0.2, 0.25) is 0 Å². The molecule has 0 aliphatic heterocycles. The van der Waals surface area contributed by atoms with Gasteiger partial charge in [-0.2, -0.15) is 0 Å². The molecule has 1 aromatic rings. The van der Waals surface area contributed by atoms with Crippen molar-refractivity contribution in [3.63, 3.8) is 0 Å². The molecule has 0 aliphatic carbocycles. The number of carboxylic acid groups (broad SMARTS) is 1. The van der Waals surface area contributed by atoms with Crippen molar-refractivity contribution >= 4 is 33.7 Å². The van der Waals surface area contributed by atoms with Crippen molar-refractivity contribution < 1.29 is 24.2 Å². The molecule has 0 spiro atoms. The average Bonchev–Trinajstić information content (AvgIpc) is 2.45. The average molecular weight is 359 g/mol. The highest BCUT2D eigenvalue weighted by Crippen LogP contribution is 2.15. The fraction of sp³-hybridized carbons (Fsp3) is 0.308. The third kappa shape index (κ3) is 5.52. The van der Waals surface area contributed by atoms with Crippen LogP contribution in [0.4, 0.5) is 0 Å². The summed E-state index contributed by atoms with van der Waals surface area (Å²) in [6.45, 7) is -0.425. The van der Waals surface area contributed by atoms with Gasteiger partial charge < -0.3 is 20.5 Å². The lowest BCUT2D eigenvalue weighted by molar-refractivity contribution is -0.148. The number of rotatable bonds is 7. The minimum atomic E-state index is -1.17. The summed E-state index contributed by atoms with van der Waals surface area (Å²) in [5.74, 6) is -2.08. The molecule has 0 aromatic heterocycles. The van der Waals surface area contributed by atoms with Gasteiger partial charge in [-0.05, 0) is 28.1 Å². The molecule has 0 bridgehead atoms. The van der Waals surface area contributed by atoms with E-state index in [4.69, 9.17) is 5.11 Å². The smallest absolute Gasteiger partial charge is 0.334 e. The summed E-state index contributed by atoms with van der Waals surface area (Å²) in [4.78, 5) is 34.0. The molecule has 2 amide bonds. The first-order chi connectivity index (χ1) is 9.95. The van der Waals surface area contributed by atoms with E-state index < -0.39 is 23.9 Å². The first-order valence-electron chi connectivity index (χ1n) is 6.00. The van der Waals surface area contributed by atoms with E-state index in [-0.39, 0.29) is 13.1 Å². The Hall–Kier alpha value is -1.93. The predicted molar refractivity (Wildman–Crippen MR) is 77.9 cm³/mol. The topological polar surface area (TPSA) is 105 Å². The minimum Gasteiger partial charge on any atom is -0.479 e. The highest BCUT2D eigenvalue weighted by molar-refractivity contribution is 9.10. The largest absolute Gasteiger partial charge is 0.479 e. The van der Waals surface area contributed by atoms with Crippen molar-refractivity contribution in [2.24, 2.45) is 0 Å². The maximum atomic E-state index is 11.8. The molecule has 7 nitrogen and oxygen atoms in total. The second kappa shape index (κ2) is 8.38. The Kier molecular flexibility index (Phi) is 6.83. The molecule has 21 heavy (non-hydrogen) atoms. The van der Waals surface area contributed by atoms with Gasteiger partial charge in [-0.1, -0.05) is 12.1 Å². The van der Waals surface area contributed by atoms with Gasteiger partial charge in [0.05, 0.1) is 18.7 Å². The summed E-state index contributed by atoms with van der Waals surface area (Å²) in [5, 5.41) is 13.5. The number of nitrogens with one attached hydrogen (secondary N) is 2. The molecule has 0 saturated heterocycles. The number of carbonyl (C=O) groups excluding carboxylic acids is 2. The first-order valence-corrected chi connectivity index (χ1v) is 6.80. The zero-order valence-electron chi connectivity index (χ0n) is 11.3. The van der Waals surface area contributed by atoms with E-state index in [2.05, 4.69) is 31.3 Å². The van der Waals surface area contributed by atoms with Crippen LogP contribution in [0, 0.1) is 0 Å². The summed E-state index contributed by atoms with van der Waals surface area (Å²) in [6.07, 6.45) is -1.12. The lowest BCUT2D eigenvalue weighted by atomic mass is 10.2. The number of amides is 2. The molecule has 0 fully saturated rings. The Morgan fingerprint density at radius 3 is 2.52 bits per heavy atom. The van der Waals surface area contributed by atoms with Crippen molar-refractivity contribution in [3.8, 4) is 0 Å². The zero-order chi connectivity index (χ0) is 15.8. The number of benzene rings is 1. The monoisotopic (exact) mass is 358 g/mol. The fourth-order valence-electron chi connectivity index (χ4n) is 1.44. The Balaban J connectivity index is 2.41. The highest BCUT2D eigenvalue weighted by atomic mass is 79.9. The fourth-order valence-corrected chi connectivity index (χ4v) is 1.91. The second-order valence-electron chi connectivity index (χ2n) is 4.03. The van der Waals surface area contributed by atoms with Crippen molar-refractivity contribution in [1.82, 2.24) is 10.6 Å². The minimum absolute atomic E-state index is 0.171. The van der Waals surface area contributed by atoms with Gasteiger partial charge in [0.15, 0.2) is 6.10 Å². The van der Waals surface area contributed by atoms with Gasteiger partial charge in [0.1, 0.15) is 0 Å². The van der Waals surface area contributed by atoms with Crippen molar-refractivity contribution in [2.75, 3.05) is 20.2 Å². The van der Waals surface area contributed by atoms with E-state index in [1.807, 2.05) is 0 Å². The Bertz CT molecular complexity index is 535. The standard InChI is InChI=1S/C13H15BrN2O5/c1-21-10(13(19)20)6-15-11(17)7-16-12(18)8-4-2-3-5-9(8)14/h2-5,10H,6-7H2,1H3,(H,15,17)(H,16,18)(H,19,20). The molecule has 114 valence electrons. The number of hydrogen-bond acceptors (Lipinski definition) is 4. The molecule has 0 aliphatic rings. The van der Waals surface area contributed by atoms with E-state index in [9.17, 15) is 14.4 Å². The summed E-state index contributed by atoms with van der Waals surface area (Å²) in [6, 6.07) is 6.80. The van der Waals surface area contributed by atoms with Gasteiger partial charge in [0.25, 0.3) is 5.91 Å². The number of carboxylic acids is 1. The van der Waals surface area contributed by atoms with Crippen LogP contribution in [-0.2, 0) is 14.3 Å². The zero-order valence-corrected chi connectivity index (χ0v) is 12.8. The molecular weight excluding hydrogens is 344 g/mol. The van der Waals surface area contributed by atoms with Crippen LogP contribution < -0.4 is 10.6 Å². The van der Waals surface area contributed by atoms with Crippen LogP contribution in [0.1, 0.15) is 10.4 Å². The van der Waals surface area contributed by atoms with Crippen LogP contribution in [-0.4, -0.2) is 49.2 Å². The quantitative estimate of drug-likeness (QED) is 0.654. The van der Waals surface area contributed by atoms with Crippen molar-refractivity contribution in [2.45, 2.75) is 6.10 Å². The lowest BCUT2D eigenvalue weighted by Crippen LogP contribution is -2.42. The first kappa shape index (κ1) is 17.1. The molecule has 3 N–H and O–H groups in total. The Morgan fingerprint density at radius 2 is 1.95 bits per heavy atom. The molecule has 1 rings (SSSR count). The van der Waals surface area contributed by atoms with Crippen LogP contribution in [0.25, 0.3) is 0 Å². The van der Waals surface area contributed by atoms with Crippen LogP contribution in [0.15, 0.2) is 28.7 Å². The molecule has 1 atom stereocenters. The molecule has 1 unspecified atom stereocenters. The predicted octanol–water partition coefficient (Wildman–Crippen LogP) is 0.395. The highest BCUT2D eigenvalue weighted by Gasteiger charge is 2.17. The molecule has 0 radical (unpaired) electrons. The maximum Gasteiger partial charge on any atom is 0.334 e. The number of aliphatic carboxylic acids is 1. The number of carbonyl (C=O) groups is 3.